The Morgan fingerprint density at radius 1 is 1.48 bits per heavy atom. The van der Waals surface area contributed by atoms with Crippen LogP contribution in [0.5, 0.6) is 0 Å². The maximum Gasteiger partial charge on any atom is 0.234 e. The van der Waals surface area contributed by atoms with Gasteiger partial charge >= 0.3 is 0 Å². The Bertz CT molecular complexity index is 689. The zero-order chi connectivity index (χ0) is 18.4. The molecule has 1 aromatic heterocycles. The van der Waals surface area contributed by atoms with Crippen LogP contribution in [-0.4, -0.2) is 60.6 Å². The highest BCUT2D eigenvalue weighted by molar-refractivity contribution is 8.23. The summed E-state index contributed by atoms with van der Waals surface area (Å²) in [5.41, 5.74) is 0.697. The Labute approximate surface area is 147 Å². The standard InChI is InChI=1S/C15H24N4O5S/c1-8(2)13(12-4-9(3)17-24-12)15(21)19-6-10(20)5-11(19)14-16-7-25(22,23)18-14/h4,8,10-11,13,20,22-23H,5-7H2,1-3H3,(H,16,18)/t10-,11-,13?/m1/s1. The van der Waals surface area contributed by atoms with Crippen LogP contribution in [0.1, 0.15) is 37.6 Å². The number of hydrogen-bond acceptors (Lipinski definition) is 8. The lowest BCUT2D eigenvalue weighted by Gasteiger charge is -2.29. The van der Waals surface area contributed by atoms with Gasteiger partial charge in [-0.15, -0.1) is 4.40 Å². The number of aromatic nitrogens is 1. The van der Waals surface area contributed by atoms with Crippen molar-refractivity contribution in [1.29, 1.82) is 0 Å². The van der Waals surface area contributed by atoms with Crippen molar-refractivity contribution in [3.8, 4) is 0 Å². The molecule has 4 N–H and O–H groups in total. The average molecular weight is 372 g/mol. The van der Waals surface area contributed by atoms with Gasteiger partial charge in [0.05, 0.1) is 17.8 Å². The fourth-order valence-electron chi connectivity index (χ4n) is 3.33. The number of aliphatic hydroxyl groups is 1. The van der Waals surface area contributed by atoms with Gasteiger partial charge in [0.2, 0.25) is 5.91 Å². The number of nitrogens with one attached hydrogen (secondary N) is 1. The molecule has 1 unspecified atom stereocenters. The predicted molar refractivity (Wildman–Crippen MR) is 93.2 cm³/mol. The molecule has 0 spiro atoms. The van der Waals surface area contributed by atoms with Gasteiger partial charge in [0, 0.05) is 19.0 Å². The van der Waals surface area contributed by atoms with Crippen molar-refractivity contribution in [3.63, 3.8) is 0 Å². The normalized spacial score (nSPS) is 28.0. The first-order valence-electron chi connectivity index (χ1n) is 8.19. The zero-order valence-electron chi connectivity index (χ0n) is 14.4. The number of nitrogens with zero attached hydrogens (tertiary/aromatic N) is 3. The molecule has 9 nitrogen and oxygen atoms in total. The topological polar surface area (TPSA) is 131 Å². The number of aryl methyl sites for hydroxylation is 1. The monoisotopic (exact) mass is 372 g/mol. The summed E-state index contributed by atoms with van der Waals surface area (Å²) in [6.07, 6.45) is -0.391. The van der Waals surface area contributed by atoms with Gasteiger partial charge in [0.15, 0.2) is 0 Å². The van der Waals surface area contributed by atoms with E-state index < -0.39 is 28.8 Å². The van der Waals surface area contributed by atoms with Gasteiger partial charge in [-0.25, -0.2) is 0 Å². The van der Waals surface area contributed by atoms with Crippen LogP contribution in [-0.2, 0) is 4.79 Å². The minimum atomic E-state index is -3.06. The molecule has 2 aliphatic rings. The lowest BCUT2D eigenvalue weighted by molar-refractivity contribution is -0.134. The van der Waals surface area contributed by atoms with Crippen molar-refractivity contribution >= 4 is 22.5 Å². The first kappa shape index (κ1) is 18.2. The van der Waals surface area contributed by atoms with E-state index in [9.17, 15) is 19.0 Å². The van der Waals surface area contributed by atoms with Crippen LogP contribution >= 0.6 is 10.8 Å². The van der Waals surface area contributed by atoms with Crippen molar-refractivity contribution in [2.24, 2.45) is 10.3 Å². The third kappa shape index (κ3) is 3.66. The molecule has 140 valence electrons. The lowest BCUT2D eigenvalue weighted by Crippen LogP contribution is -2.47. The largest absolute Gasteiger partial charge is 0.391 e. The van der Waals surface area contributed by atoms with Crippen LogP contribution in [0.2, 0.25) is 0 Å². The molecule has 0 radical (unpaired) electrons. The van der Waals surface area contributed by atoms with Crippen molar-refractivity contribution in [2.75, 3.05) is 12.4 Å². The molecule has 3 atom stereocenters. The van der Waals surface area contributed by atoms with Crippen LogP contribution < -0.4 is 5.32 Å². The first-order valence-corrected chi connectivity index (χ1v) is 9.86. The van der Waals surface area contributed by atoms with E-state index in [4.69, 9.17) is 4.52 Å². The van der Waals surface area contributed by atoms with Crippen molar-refractivity contribution in [3.05, 3.63) is 17.5 Å². The summed E-state index contributed by atoms with van der Waals surface area (Å²) in [6.45, 7) is 5.80. The van der Waals surface area contributed by atoms with Crippen molar-refractivity contribution in [2.45, 2.75) is 45.3 Å². The van der Waals surface area contributed by atoms with Crippen LogP contribution in [0.3, 0.4) is 0 Å². The molecular formula is C15H24N4O5S. The van der Waals surface area contributed by atoms with E-state index in [1.807, 2.05) is 13.8 Å². The van der Waals surface area contributed by atoms with Gasteiger partial charge < -0.3 is 19.8 Å². The van der Waals surface area contributed by atoms with Crippen LogP contribution in [0.25, 0.3) is 0 Å². The third-order valence-corrected chi connectivity index (χ3v) is 5.48. The molecule has 2 aliphatic heterocycles. The molecule has 0 saturated carbocycles. The summed E-state index contributed by atoms with van der Waals surface area (Å²) in [7, 11) is -3.06. The molecule has 3 rings (SSSR count). The van der Waals surface area contributed by atoms with E-state index in [1.165, 1.54) is 0 Å². The van der Waals surface area contributed by atoms with E-state index in [1.54, 1.807) is 17.9 Å². The molecule has 0 aliphatic carbocycles. The molecule has 0 bridgehead atoms. The maximum atomic E-state index is 13.2. The second kappa shape index (κ2) is 6.60. The predicted octanol–water partition coefficient (Wildman–Crippen LogP) is 1.31. The van der Waals surface area contributed by atoms with Crippen LogP contribution in [0.15, 0.2) is 15.0 Å². The number of β-amino-alcohol motifs (C(OH)–C–C–N with tert-alkyl or cyclic N) is 1. The van der Waals surface area contributed by atoms with Gasteiger partial charge in [-0.3, -0.25) is 13.9 Å². The van der Waals surface area contributed by atoms with Gasteiger partial charge in [0.25, 0.3) is 0 Å². The summed E-state index contributed by atoms with van der Waals surface area (Å²) in [6, 6.07) is 1.23. The number of carbonyl (C=O) groups is 1. The number of amidine groups is 1. The minimum absolute atomic E-state index is 0.0304. The molecule has 3 heterocycles. The van der Waals surface area contributed by atoms with E-state index in [0.717, 1.165) is 0 Å². The Morgan fingerprint density at radius 3 is 2.72 bits per heavy atom. The second-order valence-corrected chi connectivity index (χ2v) is 8.65. The van der Waals surface area contributed by atoms with Gasteiger partial charge in [-0.2, -0.15) is 0 Å². The highest BCUT2D eigenvalue weighted by Crippen LogP contribution is 2.43. The molecule has 1 fully saturated rings. The zero-order valence-corrected chi connectivity index (χ0v) is 15.2. The molecule has 1 saturated heterocycles. The number of aliphatic hydroxyl groups excluding tert-OH is 1. The molecular weight excluding hydrogens is 348 g/mol. The molecule has 0 aromatic carbocycles. The Kier molecular flexibility index (Phi) is 4.80. The van der Waals surface area contributed by atoms with Gasteiger partial charge in [-0.1, -0.05) is 29.8 Å². The van der Waals surface area contributed by atoms with E-state index in [-0.39, 0.29) is 24.2 Å². The summed E-state index contributed by atoms with van der Waals surface area (Å²) in [4.78, 5) is 14.7. The maximum absolute atomic E-state index is 13.2. The smallest absolute Gasteiger partial charge is 0.234 e. The van der Waals surface area contributed by atoms with Crippen LogP contribution in [0.4, 0.5) is 0 Å². The fraction of sp³-hybridized carbons (Fsp3) is 0.667. The number of carbonyl (C=O) groups excluding carboxylic acids is 1. The minimum Gasteiger partial charge on any atom is -0.391 e. The number of amides is 1. The van der Waals surface area contributed by atoms with Crippen LogP contribution in [0, 0.1) is 12.8 Å². The Morgan fingerprint density at radius 2 is 2.20 bits per heavy atom. The molecule has 10 heteroatoms. The van der Waals surface area contributed by atoms with Gasteiger partial charge in [0.1, 0.15) is 23.4 Å². The third-order valence-electron chi connectivity index (χ3n) is 4.45. The second-order valence-electron chi connectivity index (χ2n) is 6.92. The van der Waals surface area contributed by atoms with Crippen molar-refractivity contribution in [1.82, 2.24) is 15.4 Å². The lowest BCUT2D eigenvalue weighted by atomic mass is 9.91. The van der Waals surface area contributed by atoms with E-state index >= 15 is 0 Å². The molecule has 25 heavy (non-hydrogen) atoms. The SMILES string of the molecule is Cc1cc(C(C(=O)N2C[C@H](O)C[C@@H]2C2=NS(O)(O)CN2)C(C)C)on1. The Balaban J connectivity index is 1.88. The number of rotatable bonds is 4. The summed E-state index contributed by atoms with van der Waals surface area (Å²) in [5, 5.41) is 16.8. The van der Waals surface area contributed by atoms with E-state index in [2.05, 4.69) is 14.9 Å². The number of likely N-dealkylation sites (tertiary alicyclic amines) is 1. The Hall–Kier alpha value is -1.62. The highest BCUT2D eigenvalue weighted by Gasteiger charge is 2.43. The molecule has 1 aromatic rings. The van der Waals surface area contributed by atoms with E-state index in [0.29, 0.717) is 23.7 Å². The first-order chi connectivity index (χ1) is 11.7. The van der Waals surface area contributed by atoms with Crippen molar-refractivity contribution < 1.29 is 23.5 Å². The van der Waals surface area contributed by atoms with Gasteiger partial charge in [-0.05, 0) is 12.8 Å². The highest BCUT2D eigenvalue weighted by atomic mass is 32.3. The molecule has 1 amide bonds. The summed E-state index contributed by atoms with van der Waals surface area (Å²) < 4.78 is 28.6. The fourth-order valence-corrected chi connectivity index (χ4v) is 4.24. The quantitative estimate of drug-likeness (QED) is 0.626. The average Bonchev–Trinajstić information content (AvgIpc) is 3.18. The summed E-state index contributed by atoms with van der Waals surface area (Å²) >= 11 is 0. The summed E-state index contributed by atoms with van der Waals surface area (Å²) in [5.74, 6) is 0.00440. The number of hydrogen-bond donors (Lipinski definition) is 4.